The van der Waals surface area contributed by atoms with E-state index < -0.39 is 5.63 Å². The zero-order valence-corrected chi connectivity index (χ0v) is 18.0. The van der Waals surface area contributed by atoms with E-state index in [1.165, 1.54) is 6.07 Å². The maximum atomic E-state index is 12.1. The van der Waals surface area contributed by atoms with Crippen molar-refractivity contribution >= 4 is 22.6 Å². The lowest BCUT2D eigenvalue weighted by atomic mass is 10.1. The van der Waals surface area contributed by atoms with E-state index in [4.69, 9.17) is 20.4 Å². The van der Waals surface area contributed by atoms with Crippen LogP contribution in [0, 0.1) is 6.92 Å². The minimum Gasteiger partial charge on any atom is -0.508 e. The second-order valence-corrected chi connectivity index (χ2v) is 7.78. The zero-order chi connectivity index (χ0) is 22.0. The predicted octanol–water partition coefficient (Wildman–Crippen LogP) is 4.92. The van der Waals surface area contributed by atoms with Crippen molar-refractivity contribution in [2.45, 2.75) is 33.4 Å². The van der Waals surface area contributed by atoms with E-state index in [1.807, 2.05) is 18.2 Å². The van der Waals surface area contributed by atoms with Crippen LogP contribution in [0.25, 0.3) is 22.4 Å². The zero-order valence-electron chi connectivity index (χ0n) is 17.3. The van der Waals surface area contributed by atoms with Crippen LogP contribution in [-0.4, -0.2) is 26.7 Å². The summed E-state index contributed by atoms with van der Waals surface area (Å²) in [4.78, 5) is 14.3. The number of fused-ring (bicyclic) bond motifs is 1. The van der Waals surface area contributed by atoms with Crippen LogP contribution < -0.4 is 5.63 Å². The van der Waals surface area contributed by atoms with Crippen LogP contribution in [-0.2, 0) is 13.1 Å². The van der Waals surface area contributed by atoms with Gasteiger partial charge in [-0.2, -0.15) is 0 Å². The minimum atomic E-state index is -0.452. The number of aryl methyl sites for hydroxylation is 1. The van der Waals surface area contributed by atoms with E-state index in [0.29, 0.717) is 46.6 Å². The summed E-state index contributed by atoms with van der Waals surface area (Å²) in [6, 6.07) is 12.2. The molecule has 4 rings (SSSR count). The molecule has 0 aliphatic heterocycles. The van der Waals surface area contributed by atoms with E-state index in [2.05, 4.69) is 22.0 Å². The molecule has 2 aromatic heterocycles. The summed E-state index contributed by atoms with van der Waals surface area (Å²) in [5.74, 6) is 0.926. The third kappa shape index (κ3) is 4.47. The molecule has 0 fully saturated rings. The van der Waals surface area contributed by atoms with E-state index in [-0.39, 0.29) is 5.75 Å². The van der Waals surface area contributed by atoms with Crippen LogP contribution in [0.4, 0.5) is 0 Å². The Labute approximate surface area is 183 Å². The van der Waals surface area contributed by atoms with Gasteiger partial charge in [-0.25, -0.2) is 4.79 Å². The average Bonchev–Trinajstić information content (AvgIpc) is 3.20. The lowest BCUT2D eigenvalue weighted by Gasteiger charge is -2.20. The first kappa shape index (κ1) is 21.1. The molecule has 160 valence electrons. The van der Waals surface area contributed by atoms with Gasteiger partial charge in [0, 0.05) is 23.6 Å². The molecule has 2 aromatic carbocycles. The largest absolute Gasteiger partial charge is 0.508 e. The average molecular weight is 440 g/mol. The molecular formula is C23H22ClN3O4. The molecule has 7 nitrogen and oxygen atoms in total. The lowest BCUT2D eigenvalue weighted by Crippen LogP contribution is -2.24. The number of aromatic hydroxyl groups is 1. The normalized spacial score (nSPS) is 11.5. The second kappa shape index (κ2) is 8.91. The molecule has 0 radical (unpaired) electrons. The van der Waals surface area contributed by atoms with Gasteiger partial charge >= 0.3 is 5.63 Å². The summed E-state index contributed by atoms with van der Waals surface area (Å²) in [5.41, 5.74) is 1.99. The predicted molar refractivity (Wildman–Crippen MR) is 118 cm³/mol. The van der Waals surface area contributed by atoms with Crippen LogP contribution in [0.15, 0.2) is 56.1 Å². The van der Waals surface area contributed by atoms with Crippen LogP contribution in [0.1, 0.15) is 30.4 Å². The van der Waals surface area contributed by atoms with E-state index in [9.17, 15) is 9.90 Å². The van der Waals surface area contributed by atoms with E-state index in [1.54, 1.807) is 25.1 Å². The first-order valence-electron chi connectivity index (χ1n) is 10.0. The molecule has 0 amide bonds. The van der Waals surface area contributed by atoms with Gasteiger partial charge in [0.1, 0.15) is 11.3 Å². The molecule has 0 saturated carbocycles. The molecule has 0 aliphatic rings. The monoisotopic (exact) mass is 439 g/mol. The van der Waals surface area contributed by atoms with Crippen molar-refractivity contribution in [3.05, 3.63) is 74.9 Å². The van der Waals surface area contributed by atoms with Crippen molar-refractivity contribution in [2.24, 2.45) is 0 Å². The number of aromatic nitrogens is 2. The maximum absolute atomic E-state index is 12.1. The van der Waals surface area contributed by atoms with Gasteiger partial charge in [0.25, 0.3) is 0 Å². The van der Waals surface area contributed by atoms with Gasteiger partial charge in [-0.05, 0) is 49.7 Å². The smallest absolute Gasteiger partial charge is 0.336 e. The number of phenols is 1. The van der Waals surface area contributed by atoms with Gasteiger partial charge in [0.2, 0.25) is 11.8 Å². The van der Waals surface area contributed by atoms with Crippen molar-refractivity contribution in [3.63, 3.8) is 0 Å². The van der Waals surface area contributed by atoms with Gasteiger partial charge in [0.15, 0.2) is 0 Å². The van der Waals surface area contributed by atoms with Crippen molar-refractivity contribution in [3.8, 4) is 17.2 Å². The maximum Gasteiger partial charge on any atom is 0.336 e. The first-order chi connectivity index (χ1) is 15.0. The fourth-order valence-electron chi connectivity index (χ4n) is 3.57. The fourth-order valence-corrected chi connectivity index (χ4v) is 3.79. The molecule has 0 unspecified atom stereocenters. The van der Waals surface area contributed by atoms with Crippen molar-refractivity contribution in [2.75, 3.05) is 6.54 Å². The van der Waals surface area contributed by atoms with Crippen molar-refractivity contribution < 1.29 is 13.9 Å². The Kier molecular flexibility index (Phi) is 6.06. The molecule has 0 bridgehead atoms. The van der Waals surface area contributed by atoms with Crippen molar-refractivity contribution in [1.82, 2.24) is 15.1 Å². The Balaban J connectivity index is 1.62. The van der Waals surface area contributed by atoms with Crippen LogP contribution >= 0.6 is 11.6 Å². The second-order valence-electron chi connectivity index (χ2n) is 7.37. The van der Waals surface area contributed by atoms with Crippen LogP contribution in [0.2, 0.25) is 5.02 Å². The van der Waals surface area contributed by atoms with Gasteiger partial charge < -0.3 is 13.9 Å². The number of rotatable bonds is 7. The molecular weight excluding hydrogens is 418 g/mol. The summed E-state index contributed by atoms with van der Waals surface area (Å²) in [7, 11) is 0. The van der Waals surface area contributed by atoms with E-state index in [0.717, 1.165) is 23.9 Å². The Morgan fingerprint density at radius 1 is 1.10 bits per heavy atom. The molecule has 0 aliphatic carbocycles. The standard InChI is InChI=1S/C23H22ClN3O4/c1-3-10-27(13-20-25-26-23(30-20)17-6-4-5-7-18(17)24)12-15-11-21(29)31-22-14(2)19(28)9-8-16(15)22/h4-9,11,28H,3,10,12-13H2,1-2H3. The highest BCUT2D eigenvalue weighted by Crippen LogP contribution is 2.29. The number of nitrogens with zero attached hydrogens (tertiary/aromatic N) is 3. The summed E-state index contributed by atoms with van der Waals surface area (Å²) >= 11 is 6.23. The summed E-state index contributed by atoms with van der Waals surface area (Å²) < 4.78 is 11.2. The van der Waals surface area contributed by atoms with Crippen LogP contribution in [0.3, 0.4) is 0 Å². The topological polar surface area (TPSA) is 92.6 Å². The van der Waals surface area contributed by atoms with Gasteiger partial charge in [0.05, 0.1) is 17.1 Å². The third-order valence-electron chi connectivity index (χ3n) is 5.08. The molecule has 31 heavy (non-hydrogen) atoms. The fraction of sp³-hybridized carbons (Fsp3) is 0.261. The summed E-state index contributed by atoms with van der Waals surface area (Å²) in [5, 5.41) is 19.6. The first-order valence-corrected chi connectivity index (χ1v) is 10.4. The summed E-state index contributed by atoms with van der Waals surface area (Å²) in [6.07, 6.45) is 0.907. The number of hydrogen-bond donors (Lipinski definition) is 1. The Morgan fingerprint density at radius 2 is 1.90 bits per heavy atom. The number of halogens is 1. The molecule has 0 spiro atoms. The molecule has 8 heteroatoms. The molecule has 0 saturated heterocycles. The highest BCUT2D eigenvalue weighted by molar-refractivity contribution is 6.33. The Bertz CT molecular complexity index is 1280. The SMILES string of the molecule is CCCN(Cc1nnc(-c2ccccc2Cl)o1)Cc1cc(=O)oc2c(C)c(O)ccc12. The number of phenolic OH excluding ortho intramolecular Hbond substituents is 1. The van der Waals surface area contributed by atoms with Crippen molar-refractivity contribution in [1.29, 1.82) is 0 Å². The molecule has 1 N–H and O–H groups in total. The highest BCUT2D eigenvalue weighted by atomic mass is 35.5. The summed E-state index contributed by atoms with van der Waals surface area (Å²) in [6.45, 7) is 5.48. The molecule has 2 heterocycles. The van der Waals surface area contributed by atoms with Gasteiger partial charge in [-0.15, -0.1) is 10.2 Å². The number of hydrogen-bond acceptors (Lipinski definition) is 7. The molecule has 4 aromatic rings. The Hall–Kier alpha value is -3.16. The molecule has 0 atom stereocenters. The Morgan fingerprint density at radius 3 is 2.68 bits per heavy atom. The van der Waals surface area contributed by atoms with Crippen LogP contribution in [0.5, 0.6) is 5.75 Å². The number of benzene rings is 2. The highest BCUT2D eigenvalue weighted by Gasteiger charge is 2.17. The van der Waals surface area contributed by atoms with Gasteiger partial charge in [-0.1, -0.05) is 30.7 Å². The quantitative estimate of drug-likeness (QED) is 0.408. The van der Waals surface area contributed by atoms with E-state index >= 15 is 0 Å². The van der Waals surface area contributed by atoms with Gasteiger partial charge in [-0.3, -0.25) is 4.90 Å². The minimum absolute atomic E-state index is 0.0937. The lowest BCUT2D eigenvalue weighted by molar-refractivity contribution is 0.232. The third-order valence-corrected chi connectivity index (χ3v) is 5.41.